The summed E-state index contributed by atoms with van der Waals surface area (Å²) in [5, 5.41) is 14.1. The highest BCUT2D eigenvalue weighted by Gasteiger charge is 2.14. The number of hydrogen-bond acceptors (Lipinski definition) is 5. The summed E-state index contributed by atoms with van der Waals surface area (Å²) in [5.41, 5.74) is 0.312. The van der Waals surface area contributed by atoms with Gasteiger partial charge in [0.05, 0.1) is 32.1 Å². The van der Waals surface area contributed by atoms with Gasteiger partial charge in [0.2, 0.25) is 17.5 Å². The third kappa shape index (κ3) is 2.88. The Bertz CT molecular complexity index is 539. The Morgan fingerprint density at radius 1 is 1.56 bits per heavy atom. The molecule has 2 aromatic heterocycles. The summed E-state index contributed by atoms with van der Waals surface area (Å²) < 4.78 is 5.59. The van der Waals surface area contributed by atoms with Gasteiger partial charge < -0.3 is 14.6 Å². The van der Waals surface area contributed by atoms with Crippen LogP contribution in [-0.4, -0.2) is 32.2 Å². The van der Waals surface area contributed by atoms with Crippen LogP contribution in [0.5, 0.6) is 0 Å². The van der Waals surface area contributed by atoms with E-state index in [-0.39, 0.29) is 0 Å². The van der Waals surface area contributed by atoms with Gasteiger partial charge in [0.15, 0.2) is 0 Å². The van der Waals surface area contributed by atoms with Crippen LogP contribution >= 0.6 is 11.3 Å². The van der Waals surface area contributed by atoms with E-state index in [1.54, 1.807) is 0 Å². The van der Waals surface area contributed by atoms with Crippen molar-refractivity contribution in [2.24, 2.45) is 0 Å². The Hall–Kier alpha value is -1.84. The van der Waals surface area contributed by atoms with E-state index in [1.165, 1.54) is 16.2 Å². The molecule has 2 aromatic rings. The number of oxazole rings is 1. The van der Waals surface area contributed by atoms with E-state index in [2.05, 4.69) is 24.4 Å². The third-order valence-corrected chi connectivity index (χ3v) is 3.23. The molecule has 0 radical (unpaired) electrons. The van der Waals surface area contributed by atoms with Gasteiger partial charge in [0, 0.05) is 0 Å². The summed E-state index contributed by atoms with van der Waals surface area (Å²) in [6, 6.07) is 5.90. The van der Waals surface area contributed by atoms with Gasteiger partial charge in [-0.25, -0.2) is 0 Å². The van der Waals surface area contributed by atoms with E-state index >= 15 is 0 Å². The molecule has 2 heterocycles. The molecule has 6 heteroatoms. The molecule has 0 saturated carbocycles. The van der Waals surface area contributed by atoms with Gasteiger partial charge in [0.25, 0.3) is 0 Å². The Morgan fingerprint density at radius 2 is 2.39 bits per heavy atom. The number of quaternary nitrogens is 1. The van der Waals surface area contributed by atoms with Crippen LogP contribution in [0.4, 0.5) is 5.88 Å². The van der Waals surface area contributed by atoms with Gasteiger partial charge in [-0.3, -0.25) is 0 Å². The molecular formula is C12H15N4OS+. The SMILES string of the molecule is C[NH+](C)CCNc1oc(-c2cccs2)nc1C#N. The molecule has 2 rings (SSSR count). The molecule has 5 nitrogen and oxygen atoms in total. The number of thiophene rings is 1. The van der Waals surface area contributed by atoms with Gasteiger partial charge in [0.1, 0.15) is 6.07 Å². The fourth-order valence-corrected chi connectivity index (χ4v) is 2.10. The summed E-state index contributed by atoms with van der Waals surface area (Å²) in [5.74, 6) is 0.961. The second-order valence-corrected chi connectivity index (χ2v) is 5.12. The fourth-order valence-electron chi connectivity index (χ4n) is 1.45. The lowest BCUT2D eigenvalue weighted by molar-refractivity contribution is -0.856. The second-order valence-electron chi connectivity index (χ2n) is 4.17. The quantitative estimate of drug-likeness (QED) is 0.838. The van der Waals surface area contributed by atoms with E-state index in [0.29, 0.717) is 17.5 Å². The average Bonchev–Trinajstić information content (AvgIpc) is 2.96. The lowest BCUT2D eigenvalue weighted by atomic mass is 10.4. The molecule has 0 aliphatic carbocycles. The van der Waals surface area contributed by atoms with Gasteiger partial charge in [-0.2, -0.15) is 10.2 Å². The zero-order valence-corrected chi connectivity index (χ0v) is 11.2. The van der Waals surface area contributed by atoms with Crippen LogP contribution in [0.1, 0.15) is 5.69 Å². The first kappa shape index (κ1) is 12.6. The molecule has 0 bridgehead atoms. The molecule has 0 atom stereocenters. The fraction of sp³-hybridized carbons (Fsp3) is 0.333. The standard InChI is InChI=1S/C12H14N4OS/c1-16(2)6-5-14-11-9(8-13)15-12(17-11)10-4-3-7-18-10/h3-4,7,14H,5-6H2,1-2H3/p+1. The van der Waals surface area contributed by atoms with E-state index < -0.39 is 0 Å². The van der Waals surface area contributed by atoms with Crippen LogP contribution < -0.4 is 10.2 Å². The van der Waals surface area contributed by atoms with Gasteiger partial charge in [-0.15, -0.1) is 11.3 Å². The molecule has 0 saturated heterocycles. The lowest BCUT2D eigenvalue weighted by Crippen LogP contribution is -3.06. The number of anilines is 1. The summed E-state index contributed by atoms with van der Waals surface area (Å²) in [7, 11) is 4.15. The Balaban J connectivity index is 2.13. The van der Waals surface area contributed by atoms with E-state index in [9.17, 15) is 0 Å². The van der Waals surface area contributed by atoms with Crippen molar-refractivity contribution in [1.29, 1.82) is 5.26 Å². The summed E-state index contributed by atoms with van der Waals surface area (Å²) in [6.45, 7) is 1.69. The minimum Gasteiger partial charge on any atom is -0.418 e. The Morgan fingerprint density at radius 3 is 3.00 bits per heavy atom. The second kappa shape index (κ2) is 5.67. The highest BCUT2D eigenvalue weighted by molar-refractivity contribution is 7.13. The van der Waals surface area contributed by atoms with E-state index in [1.807, 2.05) is 23.6 Å². The number of nitrogens with zero attached hydrogens (tertiary/aromatic N) is 2. The molecule has 0 unspecified atom stereocenters. The molecule has 2 N–H and O–H groups in total. The largest absolute Gasteiger partial charge is 0.418 e. The van der Waals surface area contributed by atoms with Crippen LogP contribution in [0.3, 0.4) is 0 Å². The number of hydrogen-bond donors (Lipinski definition) is 2. The monoisotopic (exact) mass is 263 g/mol. The Kier molecular flexibility index (Phi) is 3.97. The van der Waals surface area contributed by atoms with E-state index in [0.717, 1.165) is 18.0 Å². The van der Waals surface area contributed by atoms with Gasteiger partial charge in [-0.05, 0) is 11.4 Å². The van der Waals surface area contributed by atoms with E-state index in [4.69, 9.17) is 9.68 Å². The van der Waals surface area contributed by atoms with Crippen LogP contribution in [0.25, 0.3) is 10.8 Å². The van der Waals surface area contributed by atoms with Crippen LogP contribution in [0.2, 0.25) is 0 Å². The highest BCUT2D eigenvalue weighted by Crippen LogP contribution is 2.28. The predicted octanol–water partition coefficient (Wildman–Crippen LogP) is 0.831. The van der Waals surface area contributed by atoms with Crippen molar-refractivity contribution < 1.29 is 9.32 Å². The first-order valence-corrected chi connectivity index (χ1v) is 6.56. The molecule has 0 amide bonds. The van der Waals surface area contributed by atoms with Crippen molar-refractivity contribution in [3.8, 4) is 16.8 Å². The van der Waals surface area contributed by atoms with Crippen LogP contribution in [0.15, 0.2) is 21.9 Å². The molecule has 0 aliphatic heterocycles. The van der Waals surface area contributed by atoms with Crippen molar-refractivity contribution in [1.82, 2.24) is 4.98 Å². The maximum atomic E-state index is 9.02. The van der Waals surface area contributed by atoms with Crippen LogP contribution in [0, 0.1) is 11.3 Å². The van der Waals surface area contributed by atoms with Crippen molar-refractivity contribution in [3.63, 3.8) is 0 Å². The maximum absolute atomic E-state index is 9.02. The molecule has 0 aliphatic rings. The summed E-state index contributed by atoms with van der Waals surface area (Å²) in [4.78, 5) is 6.44. The first-order chi connectivity index (χ1) is 8.70. The number of aromatic nitrogens is 1. The average molecular weight is 263 g/mol. The normalized spacial score (nSPS) is 10.6. The molecule has 0 aromatic carbocycles. The van der Waals surface area contributed by atoms with Crippen LogP contribution in [-0.2, 0) is 0 Å². The molecule has 18 heavy (non-hydrogen) atoms. The summed E-state index contributed by atoms with van der Waals surface area (Å²) in [6.07, 6.45) is 0. The minimum absolute atomic E-state index is 0.312. The van der Waals surface area contributed by atoms with Crippen molar-refractivity contribution in [2.45, 2.75) is 0 Å². The molecule has 0 spiro atoms. The topological polar surface area (TPSA) is 66.3 Å². The summed E-state index contributed by atoms with van der Waals surface area (Å²) >= 11 is 1.54. The van der Waals surface area contributed by atoms with Crippen molar-refractivity contribution >= 4 is 17.2 Å². The third-order valence-electron chi connectivity index (χ3n) is 2.38. The van der Waals surface area contributed by atoms with Crippen molar-refractivity contribution in [3.05, 3.63) is 23.2 Å². The lowest BCUT2D eigenvalue weighted by Gasteiger charge is -2.06. The molecule has 0 fully saturated rings. The highest BCUT2D eigenvalue weighted by atomic mass is 32.1. The predicted molar refractivity (Wildman–Crippen MR) is 70.7 cm³/mol. The maximum Gasteiger partial charge on any atom is 0.240 e. The number of rotatable bonds is 5. The molecule has 94 valence electrons. The minimum atomic E-state index is 0.312. The number of nitrogens with one attached hydrogen (secondary N) is 2. The number of likely N-dealkylation sites (N-methyl/N-ethyl adjacent to an activating group) is 1. The zero-order chi connectivity index (χ0) is 13.0. The Labute approximate surface area is 110 Å². The smallest absolute Gasteiger partial charge is 0.240 e. The number of nitriles is 1. The van der Waals surface area contributed by atoms with Gasteiger partial charge in [-0.1, -0.05) is 6.07 Å². The zero-order valence-electron chi connectivity index (χ0n) is 10.4. The van der Waals surface area contributed by atoms with Crippen molar-refractivity contribution in [2.75, 3.05) is 32.5 Å². The van der Waals surface area contributed by atoms with Gasteiger partial charge >= 0.3 is 0 Å². The molecular weight excluding hydrogens is 248 g/mol. The first-order valence-electron chi connectivity index (χ1n) is 5.68.